The minimum Gasteiger partial charge on any atom is -0.469 e. The number of nitrogens with zero attached hydrogens (tertiary/aromatic N) is 3. The fourth-order valence-corrected chi connectivity index (χ4v) is 0.909. The normalized spacial score (nSPS) is 9.79. The Hall–Kier alpha value is -1.72. The summed E-state index contributed by atoms with van der Waals surface area (Å²) in [5.41, 5.74) is 0. The Balaban J connectivity index is 2.25. The molecule has 0 aliphatic rings. The second-order valence-corrected chi connectivity index (χ2v) is 2.70. The van der Waals surface area contributed by atoms with Crippen LogP contribution in [0.15, 0.2) is 12.7 Å². The maximum Gasteiger partial charge on any atom is 0.313 e. The van der Waals surface area contributed by atoms with Gasteiger partial charge < -0.3 is 4.74 Å². The van der Waals surface area contributed by atoms with E-state index in [0.29, 0.717) is 6.54 Å². The van der Waals surface area contributed by atoms with Crippen molar-refractivity contribution in [2.45, 2.75) is 19.4 Å². The minimum absolute atomic E-state index is 0.160. The van der Waals surface area contributed by atoms with Gasteiger partial charge >= 0.3 is 5.97 Å². The summed E-state index contributed by atoms with van der Waals surface area (Å²) in [7, 11) is 1.26. The molecule has 14 heavy (non-hydrogen) atoms. The van der Waals surface area contributed by atoms with E-state index in [1.807, 2.05) is 0 Å². The highest BCUT2D eigenvalue weighted by molar-refractivity contribution is 5.95. The molecular weight excluding hydrogens is 186 g/mol. The minimum atomic E-state index is -0.506. The van der Waals surface area contributed by atoms with E-state index in [-0.39, 0.29) is 18.6 Å². The summed E-state index contributed by atoms with van der Waals surface area (Å²) in [5, 5.41) is 3.82. The van der Waals surface area contributed by atoms with E-state index >= 15 is 0 Å². The smallest absolute Gasteiger partial charge is 0.313 e. The van der Waals surface area contributed by atoms with Crippen molar-refractivity contribution in [2.24, 2.45) is 0 Å². The highest BCUT2D eigenvalue weighted by Gasteiger charge is 2.09. The Morgan fingerprint density at radius 3 is 2.86 bits per heavy atom. The van der Waals surface area contributed by atoms with Crippen molar-refractivity contribution in [1.29, 1.82) is 0 Å². The van der Waals surface area contributed by atoms with Gasteiger partial charge in [-0.2, -0.15) is 5.10 Å². The number of hydrogen-bond donors (Lipinski definition) is 0. The molecule has 1 rings (SSSR count). The third kappa shape index (κ3) is 3.34. The van der Waals surface area contributed by atoms with Crippen molar-refractivity contribution in [1.82, 2.24) is 14.8 Å². The fraction of sp³-hybridized carbons (Fsp3) is 0.500. The van der Waals surface area contributed by atoms with Crippen molar-refractivity contribution >= 4 is 11.8 Å². The van der Waals surface area contributed by atoms with E-state index < -0.39 is 5.97 Å². The molecule has 0 N–H and O–H groups in total. The zero-order valence-corrected chi connectivity index (χ0v) is 7.84. The number of aryl methyl sites for hydroxylation is 1. The van der Waals surface area contributed by atoms with Gasteiger partial charge in [-0.1, -0.05) is 0 Å². The summed E-state index contributed by atoms with van der Waals surface area (Å²) in [6, 6.07) is 0. The number of methoxy groups -OCH3 is 1. The number of carbonyl (C=O) groups excluding carboxylic acids is 2. The fourth-order valence-electron chi connectivity index (χ4n) is 0.909. The highest BCUT2D eigenvalue weighted by atomic mass is 16.5. The lowest BCUT2D eigenvalue weighted by molar-refractivity contribution is -0.143. The van der Waals surface area contributed by atoms with Crippen LogP contribution >= 0.6 is 0 Å². The molecule has 0 aromatic carbocycles. The maximum atomic E-state index is 11.1. The molecule has 0 aliphatic heterocycles. The number of ketones is 1. The van der Waals surface area contributed by atoms with Gasteiger partial charge in [-0.3, -0.25) is 14.3 Å². The second-order valence-electron chi connectivity index (χ2n) is 2.70. The van der Waals surface area contributed by atoms with Crippen LogP contribution in [0.1, 0.15) is 12.8 Å². The van der Waals surface area contributed by atoms with Gasteiger partial charge in [-0.05, 0) is 0 Å². The number of Topliss-reactive ketones (excluding diaryl/α,β-unsaturated/α-hetero) is 1. The number of carbonyl (C=O) groups is 2. The number of rotatable bonds is 5. The van der Waals surface area contributed by atoms with Crippen LogP contribution in [0.4, 0.5) is 0 Å². The van der Waals surface area contributed by atoms with Gasteiger partial charge in [0, 0.05) is 13.0 Å². The van der Waals surface area contributed by atoms with E-state index in [0.717, 1.165) is 0 Å². The van der Waals surface area contributed by atoms with Crippen LogP contribution in [0.3, 0.4) is 0 Å². The van der Waals surface area contributed by atoms with Gasteiger partial charge in [0.1, 0.15) is 24.9 Å². The molecule has 6 nitrogen and oxygen atoms in total. The van der Waals surface area contributed by atoms with Crippen molar-refractivity contribution in [3.8, 4) is 0 Å². The van der Waals surface area contributed by atoms with Gasteiger partial charge in [0.05, 0.1) is 7.11 Å². The third-order valence-electron chi connectivity index (χ3n) is 1.66. The molecule has 0 atom stereocenters. The molecule has 0 saturated heterocycles. The summed E-state index contributed by atoms with van der Waals surface area (Å²) < 4.78 is 5.90. The lowest BCUT2D eigenvalue weighted by Crippen LogP contribution is -2.12. The number of esters is 1. The molecule has 0 aliphatic carbocycles. The van der Waals surface area contributed by atoms with E-state index in [1.54, 1.807) is 0 Å². The monoisotopic (exact) mass is 197 g/mol. The van der Waals surface area contributed by atoms with Crippen LogP contribution in [0.25, 0.3) is 0 Å². The largest absolute Gasteiger partial charge is 0.469 e. The van der Waals surface area contributed by atoms with Crippen molar-refractivity contribution < 1.29 is 14.3 Å². The first-order valence-electron chi connectivity index (χ1n) is 4.13. The molecule has 0 radical (unpaired) electrons. The molecule has 6 heteroatoms. The average molecular weight is 197 g/mol. The Bertz CT molecular complexity index is 308. The van der Waals surface area contributed by atoms with Gasteiger partial charge in [0.15, 0.2) is 0 Å². The third-order valence-corrected chi connectivity index (χ3v) is 1.66. The van der Waals surface area contributed by atoms with Crippen molar-refractivity contribution in [3.05, 3.63) is 12.7 Å². The average Bonchev–Trinajstić information content (AvgIpc) is 2.67. The Labute approximate surface area is 80.9 Å². The molecule has 1 heterocycles. The lowest BCUT2D eigenvalue weighted by atomic mass is 10.2. The lowest BCUT2D eigenvalue weighted by Gasteiger charge is -1.99. The molecule has 1 aromatic heterocycles. The molecule has 76 valence electrons. The SMILES string of the molecule is COC(=O)CC(=O)CCn1cncn1. The summed E-state index contributed by atoms with van der Waals surface area (Å²) in [6.45, 7) is 0.440. The van der Waals surface area contributed by atoms with E-state index in [4.69, 9.17) is 0 Å². The molecule has 1 aromatic rings. The van der Waals surface area contributed by atoms with E-state index in [1.165, 1.54) is 24.4 Å². The van der Waals surface area contributed by atoms with Gasteiger partial charge in [-0.15, -0.1) is 0 Å². The second kappa shape index (κ2) is 5.11. The first-order valence-corrected chi connectivity index (χ1v) is 4.13. The predicted molar refractivity (Wildman–Crippen MR) is 46.3 cm³/mol. The zero-order valence-electron chi connectivity index (χ0n) is 7.84. The Morgan fingerprint density at radius 1 is 1.50 bits per heavy atom. The Morgan fingerprint density at radius 2 is 2.29 bits per heavy atom. The molecular formula is C8H11N3O3. The number of hydrogen-bond acceptors (Lipinski definition) is 5. The summed E-state index contributed by atoms with van der Waals surface area (Å²) in [6.07, 6.45) is 3.00. The van der Waals surface area contributed by atoms with Gasteiger partial charge in [0.25, 0.3) is 0 Å². The first-order chi connectivity index (χ1) is 6.72. The molecule has 0 amide bonds. The molecule has 0 bridgehead atoms. The zero-order chi connectivity index (χ0) is 10.4. The first kappa shape index (κ1) is 10.4. The molecule has 0 saturated carbocycles. The summed E-state index contributed by atoms with van der Waals surface area (Å²) in [4.78, 5) is 25.6. The Kier molecular flexibility index (Phi) is 3.78. The van der Waals surface area contributed by atoms with Crippen LogP contribution in [0.2, 0.25) is 0 Å². The highest BCUT2D eigenvalue weighted by Crippen LogP contribution is 1.95. The molecule has 0 spiro atoms. The van der Waals surface area contributed by atoms with Crippen LogP contribution < -0.4 is 0 Å². The summed E-state index contributed by atoms with van der Waals surface area (Å²) >= 11 is 0. The maximum absolute atomic E-state index is 11.1. The molecule has 0 fully saturated rings. The van der Waals surface area contributed by atoms with Crippen LogP contribution in [0.5, 0.6) is 0 Å². The van der Waals surface area contributed by atoms with Crippen LogP contribution in [-0.4, -0.2) is 33.6 Å². The van der Waals surface area contributed by atoms with E-state index in [2.05, 4.69) is 14.8 Å². The molecule has 0 unspecified atom stereocenters. The van der Waals surface area contributed by atoms with Crippen molar-refractivity contribution in [2.75, 3.05) is 7.11 Å². The van der Waals surface area contributed by atoms with Gasteiger partial charge in [-0.25, -0.2) is 4.98 Å². The quantitative estimate of drug-likeness (QED) is 0.482. The van der Waals surface area contributed by atoms with E-state index in [9.17, 15) is 9.59 Å². The predicted octanol–water partition coefficient (Wildman–Crippen LogP) is -0.200. The van der Waals surface area contributed by atoms with Crippen LogP contribution in [0, 0.1) is 0 Å². The standard InChI is InChI=1S/C8H11N3O3/c1-14-8(13)4-7(12)2-3-11-6-9-5-10-11/h5-6H,2-4H2,1H3. The summed E-state index contributed by atoms with van der Waals surface area (Å²) in [5.74, 6) is -0.666. The number of aromatic nitrogens is 3. The van der Waals surface area contributed by atoms with Gasteiger partial charge in [0.2, 0.25) is 0 Å². The topological polar surface area (TPSA) is 74.1 Å². The van der Waals surface area contributed by atoms with Crippen LogP contribution in [-0.2, 0) is 20.9 Å². The van der Waals surface area contributed by atoms with Crippen molar-refractivity contribution in [3.63, 3.8) is 0 Å². The number of ether oxygens (including phenoxy) is 1.